The van der Waals surface area contributed by atoms with Gasteiger partial charge in [0, 0.05) is 28.7 Å². The second-order valence-electron chi connectivity index (χ2n) is 16.6. The smallest absolute Gasteiger partial charge is 0.117 e. The standard InChI is InChI=1S/C47H70FN/c1-12-19-39(23-22-31(7)14-3)47(48,25-13-2)26-24-32(8)27-33(9)40-30-41(45(37(16-5)17-6)44-35(11)43(40)44)46-34(10)28-38-21-18-20-36(15-4)29-42(38)49-46/h3,22-23,30,32,35-39,43-44H,7,9,12-13,15-21,24-29H2,1-2,4-6,8,10-11H3. The zero-order chi connectivity index (χ0) is 35.9. The largest absolute Gasteiger partial charge is 0.257 e. The first-order chi connectivity index (χ1) is 23.5. The molecule has 0 spiro atoms. The molecule has 2 heteroatoms. The van der Waals surface area contributed by atoms with Crippen LogP contribution in [0.3, 0.4) is 0 Å². The summed E-state index contributed by atoms with van der Waals surface area (Å²) in [5.74, 6) is 6.63. The minimum Gasteiger partial charge on any atom is -0.257 e. The minimum atomic E-state index is -1.23. The number of hydrogen-bond acceptors (Lipinski definition) is 1. The fraction of sp³-hybridized carbons (Fsp3) is 0.681. The molecule has 0 saturated heterocycles. The Hall–Kier alpha value is -2.40. The molecule has 8 atom stereocenters. The number of alkyl halides is 1. The van der Waals surface area contributed by atoms with Gasteiger partial charge in [-0.05, 0) is 124 Å². The minimum absolute atomic E-state index is 0.141. The number of rotatable bonds is 18. The molecule has 0 aromatic carbocycles. The first-order valence-electron chi connectivity index (χ1n) is 20.4. The van der Waals surface area contributed by atoms with Gasteiger partial charge in [-0.15, -0.1) is 6.42 Å². The van der Waals surface area contributed by atoms with E-state index in [0.29, 0.717) is 53.9 Å². The summed E-state index contributed by atoms with van der Waals surface area (Å²) in [7, 11) is 0. The number of terminal acetylenes is 1. The van der Waals surface area contributed by atoms with Crippen molar-refractivity contribution in [2.24, 2.45) is 52.3 Å². The van der Waals surface area contributed by atoms with Gasteiger partial charge in [0.1, 0.15) is 5.67 Å². The van der Waals surface area contributed by atoms with Crippen molar-refractivity contribution in [3.63, 3.8) is 0 Å². The second kappa shape index (κ2) is 17.7. The molecule has 0 aromatic heterocycles. The zero-order valence-electron chi connectivity index (χ0n) is 32.8. The Balaban J connectivity index is 1.61. The maximum Gasteiger partial charge on any atom is 0.117 e. The highest BCUT2D eigenvalue weighted by atomic mass is 19.1. The molecule has 0 aromatic rings. The summed E-state index contributed by atoms with van der Waals surface area (Å²) >= 11 is 0. The molecular formula is C47H70FN. The molecule has 8 unspecified atom stereocenters. The monoisotopic (exact) mass is 668 g/mol. The van der Waals surface area contributed by atoms with E-state index in [1.54, 1.807) is 5.57 Å². The van der Waals surface area contributed by atoms with Gasteiger partial charge in [-0.1, -0.05) is 123 Å². The van der Waals surface area contributed by atoms with Crippen LogP contribution in [-0.4, -0.2) is 11.4 Å². The lowest BCUT2D eigenvalue weighted by atomic mass is 9.75. The highest BCUT2D eigenvalue weighted by Crippen LogP contribution is 2.63. The van der Waals surface area contributed by atoms with E-state index in [9.17, 15) is 0 Å². The van der Waals surface area contributed by atoms with Crippen LogP contribution in [0.2, 0.25) is 0 Å². The highest BCUT2D eigenvalue weighted by Gasteiger charge is 2.55. The number of aliphatic imine (C=N–C) groups is 1. The number of hydrogen-bond donors (Lipinski definition) is 0. The Morgan fingerprint density at radius 3 is 2.43 bits per heavy atom. The third-order valence-corrected chi connectivity index (χ3v) is 13.0. The lowest BCUT2D eigenvalue weighted by Crippen LogP contribution is -2.33. The molecule has 2 saturated carbocycles. The molecule has 0 radical (unpaired) electrons. The van der Waals surface area contributed by atoms with E-state index >= 15 is 4.39 Å². The third-order valence-electron chi connectivity index (χ3n) is 13.0. The molecule has 49 heavy (non-hydrogen) atoms. The van der Waals surface area contributed by atoms with Crippen LogP contribution in [0.25, 0.3) is 0 Å². The first kappa shape index (κ1) is 39.4. The van der Waals surface area contributed by atoms with Gasteiger partial charge in [0.15, 0.2) is 0 Å². The van der Waals surface area contributed by atoms with Gasteiger partial charge < -0.3 is 0 Å². The third kappa shape index (κ3) is 9.10. The molecule has 0 bridgehead atoms. The summed E-state index contributed by atoms with van der Waals surface area (Å²) in [6, 6.07) is 0. The Bertz CT molecular complexity index is 1390. The van der Waals surface area contributed by atoms with Crippen LogP contribution in [-0.2, 0) is 0 Å². The van der Waals surface area contributed by atoms with Gasteiger partial charge in [0.2, 0.25) is 0 Å². The van der Waals surface area contributed by atoms with E-state index in [-0.39, 0.29) is 5.92 Å². The fourth-order valence-electron chi connectivity index (χ4n) is 9.94. The van der Waals surface area contributed by atoms with E-state index in [2.05, 4.69) is 74.0 Å². The summed E-state index contributed by atoms with van der Waals surface area (Å²) in [5, 5.41) is 0. The van der Waals surface area contributed by atoms with Crippen molar-refractivity contribution in [2.75, 3.05) is 0 Å². The normalized spacial score (nSPS) is 27.8. The van der Waals surface area contributed by atoms with Crippen LogP contribution in [0.4, 0.5) is 4.39 Å². The van der Waals surface area contributed by atoms with E-state index in [0.717, 1.165) is 38.0 Å². The van der Waals surface area contributed by atoms with Gasteiger partial charge in [0.25, 0.3) is 0 Å². The van der Waals surface area contributed by atoms with E-state index in [1.165, 1.54) is 85.1 Å². The summed E-state index contributed by atoms with van der Waals surface area (Å²) in [5.41, 5.74) is 9.51. The van der Waals surface area contributed by atoms with E-state index in [4.69, 9.17) is 18.0 Å². The van der Waals surface area contributed by atoms with Crippen LogP contribution >= 0.6 is 0 Å². The van der Waals surface area contributed by atoms with Gasteiger partial charge in [0.05, 0.1) is 5.70 Å². The summed E-state index contributed by atoms with van der Waals surface area (Å²) in [6.07, 6.45) is 27.5. The molecule has 1 nitrogen and oxygen atoms in total. The summed E-state index contributed by atoms with van der Waals surface area (Å²) < 4.78 is 16.9. The van der Waals surface area contributed by atoms with Crippen LogP contribution in [0, 0.1) is 59.7 Å². The quantitative estimate of drug-likeness (QED) is 0.102. The maximum atomic E-state index is 16.9. The average Bonchev–Trinajstić information content (AvgIpc) is 3.80. The number of fused-ring (bicyclic) bond motifs is 2. The number of allylic oxidation sites excluding steroid dienone is 8. The first-order valence-corrected chi connectivity index (χ1v) is 20.4. The van der Waals surface area contributed by atoms with Crippen LogP contribution < -0.4 is 0 Å². The van der Waals surface area contributed by atoms with E-state index in [1.807, 2.05) is 12.2 Å². The van der Waals surface area contributed by atoms with Crippen molar-refractivity contribution < 1.29 is 4.39 Å². The van der Waals surface area contributed by atoms with Crippen molar-refractivity contribution in [3.05, 3.63) is 70.5 Å². The SMILES string of the molecule is C#CC(=C)C=CC(CCC)C(F)(CCC)CCC(C)CC(=C)C1=CC(C2=C(C)CC3CCCC(CC)CC3=N2)=C(C(CC)CC)C2C(C)C12. The van der Waals surface area contributed by atoms with Crippen LogP contribution in [0.5, 0.6) is 0 Å². The van der Waals surface area contributed by atoms with Gasteiger partial charge in [-0.3, -0.25) is 4.99 Å². The highest BCUT2D eigenvalue weighted by molar-refractivity contribution is 5.90. The maximum absolute atomic E-state index is 16.9. The second-order valence-corrected chi connectivity index (χ2v) is 16.6. The molecule has 4 aliphatic rings. The molecule has 0 amide bonds. The Labute approximate surface area is 301 Å². The molecule has 270 valence electrons. The van der Waals surface area contributed by atoms with Gasteiger partial charge in [-0.2, -0.15) is 0 Å². The molecule has 2 fully saturated rings. The lowest BCUT2D eigenvalue weighted by molar-refractivity contribution is 0.0703. The van der Waals surface area contributed by atoms with E-state index < -0.39 is 5.67 Å². The summed E-state index contributed by atoms with van der Waals surface area (Å²) in [4.78, 5) is 5.64. The molecule has 1 heterocycles. The van der Waals surface area contributed by atoms with Gasteiger partial charge in [-0.25, -0.2) is 4.39 Å². The van der Waals surface area contributed by atoms with Gasteiger partial charge >= 0.3 is 0 Å². The van der Waals surface area contributed by atoms with Crippen LogP contribution in [0.1, 0.15) is 152 Å². The molecular weight excluding hydrogens is 598 g/mol. The zero-order valence-corrected chi connectivity index (χ0v) is 32.8. The van der Waals surface area contributed by atoms with Crippen molar-refractivity contribution >= 4 is 5.71 Å². The van der Waals surface area contributed by atoms with Crippen molar-refractivity contribution in [1.82, 2.24) is 0 Å². The Morgan fingerprint density at radius 2 is 1.80 bits per heavy atom. The lowest BCUT2D eigenvalue weighted by Gasteiger charge is -2.33. The Kier molecular flexibility index (Phi) is 14.2. The predicted octanol–water partition coefficient (Wildman–Crippen LogP) is 13.9. The molecule has 0 N–H and O–H groups in total. The summed E-state index contributed by atoms with van der Waals surface area (Å²) in [6.45, 7) is 27.2. The Morgan fingerprint density at radius 1 is 1.06 bits per heavy atom. The number of halogens is 1. The van der Waals surface area contributed by atoms with Crippen molar-refractivity contribution in [1.29, 1.82) is 0 Å². The molecule has 3 aliphatic carbocycles. The van der Waals surface area contributed by atoms with Crippen LogP contribution in [0.15, 0.2) is 75.5 Å². The fourth-order valence-corrected chi connectivity index (χ4v) is 9.94. The molecule has 1 aliphatic heterocycles. The topological polar surface area (TPSA) is 12.4 Å². The average molecular weight is 668 g/mol. The molecule has 4 rings (SSSR count). The van der Waals surface area contributed by atoms with Crippen molar-refractivity contribution in [3.8, 4) is 12.3 Å². The van der Waals surface area contributed by atoms with Crippen molar-refractivity contribution in [2.45, 2.75) is 157 Å². The number of nitrogens with zero attached hydrogens (tertiary/aromatic N) is 1. The predicted molar refractivity (Wildman–Crippen MR) is 212 cm³/mol.